The first-order chi connectivity index (χ1) is 7.70. The zero-order chi connectivity index (χ0) is 11.5. The molecule has 0 saturated heterocycles. The van der Waals surface area contributed by atoms with E-state index in [4.69, 9.17) is 10.5 Å². The van der Waals surface area contributed by atoms with Crippen molar-refractivity contribution < 1.29 is 4.74 Å². The van der Waals surface area contributed by atoms with Crippen LogP contribution in [-0.4, -0.2) is 12.6 Å². The smallest absolute Gasteiger partial charge is 0.123 e. The molecule has 2 rings (SSSR count). The summed E-state index contributed by atoms with van der Waals surface area (Å²) in [6.45, 7) is 4.94. The lowest BCUT2D eigenvalue weighted by Gasteiger charge is -2.28. The van der Waals surface area contributed by atoms with Crippen molar-refractivity contribution in [3.63, 3.8) is 0 Å². The molecule has 2 nitrogen and oxygen atoms in total. The molecule has 1 atom stereocenters. The SMILES string of the molecule is Cc1ccc(OC2CCC2)c(C(C)CN)c1. The van der Waals surface area contributed by atoms with E-state index in [0.717, 1.165) is 5.75 Å². The minimum absolute atomic E-state index is 0.370. The largest absolute Gasteiger partial charge is 0.490 e. The highest BCUT2D eigenvalue weighted by Crippen LogP contribution is 2.31. The average Bonchev–Trinajstić information content (AvgIpc) is 2.23. The number of ether oxygens (including phenoxy) is 1. The molecular formula is C14H21NO. The summed E-state index contributed by atoms with van der Waals surface area (Å²) in [7, 11) is 0. The molecule has 2 heteroatoms. The van der Waals surface area contributed by atoms with E-state index in [1.807, 2.05) is 0 Å². The maximum Gasteiger partial charge on any atom is 0.123 e. The lowest BCUT2D eigenvalue weighted by Crippen LogP contribution is -2.25. The van der Waals surface area contributed by atoms with Crippen molar-refractivity contribution in [2.45, 2.75) is 45.1 Å². The number of hydrogen-bond donors (Lipinski definition) is 1. The quantitative estimate of drug-likeness (QED) is 0.845. The van der Waals surface area contributed by atoms with Crippen LogP contribution in [0.3, 0.4) is 0 Å². The Labute approximate surface area is 97.8 Å². The molecule has 0 aliphatic heterocycles. The van der Waals surface area contributed by atoms with Crippen LogP contribution < -0.4 is 10.5 Å². The minimum atomic E-state index is 0.370. The highest BCUT2D eigenvalue weighted by Gasteiger charge is 2.21. The maximum atomic E-state index is 6.00. The van der Waals surface area contributed by atoms with Gasteiger partial charge in [-0.05, 0) is 50.3 Å². The fourth-order valence-corrected chi connectivity index (χ4v) is 1.96. The molecule has 1 aliphatic rings. The fourth-order valence-electron chi connectivity index (χ4n) is 1.96. The highest BCUT2D eigenvalue weighted by atomic mass is 16.5. The van der Waals surface area contributed by atoms with Gasteiger partial charge in [-0.3, -0.25) is 0 Å². The van der Waals surface area contributed by atoms with Crippen molar-refractivity contribution in [1.82, 2.24) is 0 Å². The zero-order valence-corrected chi connectivity index (χ0v) is 10.2. The van der Waals surface area contributed by atoms with Crippen LogP contribution >= 0.6 is 0 Å². The van der Waals surface area contributed by atoms with Crippen LogP contribution in [0.15, 0.2) is 18.2 Å². The molecular weight excluding hydrogens is 198 g/mol. The Hall–Kier alpha value is -1.02. The molecule has 1 unspecified atom stereocenters. The van der Waals surface area contributed by atoms with E-state index in [2.05, 4.69) is 32.0 Å². The second kappa shape index (κ2) is 4.88. The summed E-state index contributed by atoms with van der Waals surface area (Å²) in [5, 5.41) is 0. The molecule has 0 bridgehead atoms. The van der Waals surface area contributed by atoms with Crippen molar-refractivity contribution in [3.05, 3.63) is 29.3 Å². The number of rotatable bonds is 4. The third-order valence-corrected chi connectivity index (χ3v) is 3.40. The van der Waals surface area contributed by atoms with E-state index in [-0.39, 0.29) is 0 Å². The Morgan fingerprint density at radius 1 is 1.44 bits per heavy atom. The predicted molar refractivity (Wildman–Crippen MR) is 66.9 cm³/mol. The van der Waals surface area contributed by atoms with Crippen LogP contribution in [0.1, 0.15) is 43.2 Å². The van der Waals surface area contributed by atoms with Crippen molar-refractivity contribution in [3.8, 4) is 5.75 Å². The van der Waals surface area contributed by atoms with Gasteiger partial charge in [-0.1, -0.05) is 24.6 Å². The second-order valence-electron chi connectivity index (χ2n) is 4.85. The first kappa shape index (κ1) is 11.5. The van der Waals surface area contributed by atoms with Crippen LogP contribution in [-0.2, 0) is 0 Å². The maximum absolute atomic E-state index is 6.00. The molecule has 0 heterocycles. The monoisotopic (exact) mass is 219 g/mol. The van der Waals surface area contributed by atoms with Crippen LogP contribution in [0, 0.1) is 6.92 Å². The molecule has 0 radical (unpaired) electrons. The van der Waals surface area contributed by atoms with Crippen LogP contribution in [0.5, 0.6) is 5.75 Å². The predicted octanol–water partition coefficient (Wildman–Crippen LogP) is 2.99. The van der Waals surface area contributed by atoms with Gasteiger partial charge in [-0.2, -0.15) is 0 Å². The Morgan fingerprint density at radius 3 is 2.75 bits per heavy atom. The topological polar surface area (TPSA) is 35.2 Å². The second-order valence-corrected chi connectivity index (χ2v) is 4.85. The van der Waals surface area contributed by atoms with Crippen LogP contribution in [0.25, 0.3) is 0 Å². The molecule has 0 amide bonds. The van der Waals surface area contributed by atoms with Crippen molar-refractivity contribution in [2.24, 2.45) is 5.73 Å². The first-order valence-electron chi connectivity index (χ1n) is 6.18. The van der Waals surface area contributed by atoms with Crippen molar-refractivity contribution >= 4 is 0 Å². The van der Waals surface area contributed by atoms with Gasteiger partial charge in [0.2, 0.25) is 0 Å². The summed E-state index contributed by atoms with van der Waals surface area (Å²) in [6.07, 6.45) is 4.14. The fraction of sp³-hybridized carbons (Fsp3) is 0.571. The molecule has 1 aromatic carbocycles. The van der Waals surface area contributed by atoms with Gasteiger partial charge in [-0.25, -0.2) is 0 Å². The third kappa shape index (κ3) is 2.38. The van der Waals surface area contributed by atoms with Gasteiger partial charge < -0.3 is 10.5 Å². The number of benzene rings is 1. The molecule has 16 heavy (non-hydrogen) atoms. The van der Waals surface area contributed by atoms with E-state index in [1.54, 1.807) is 0 Å². The van der Waals surface area contributed by atoms with Gasteiger partial charge in [0.25, 0.3) is 0 Å². The normalized spacial score (nSPS) is 17.9. The van der Waals surface area contributed by atoms with E-state index in [1.165, 1.54) is 30.4 Å². The number of hydrogen-bond acceptors (Lipinski definition) is 2. The molecule has 1 saturated carbocycles. The van der Waals surface area contributed by atoms with E-state index in [0.29, 0.717) is 18.6 Å². The summed E-state index contributed by atoms with van der Waals surface area (Å²) < 4.78 is 6.00. The third-order valence-electron chi connectivity index (χ3n) is 3.40. The summed E-state index contributed by atoms with van der Waals surface area (Å²) >= 11 is 0. The Balaban J connectivity index is 2.20. The summed E-state index contributed by atoms with van der Waals surface area (Å²) in [4.78, 5) is 0. The van der Waals surface area contributed by atoms with Gasteiger partial charge in [0.1, 0.15) is 5.75 Å². The molecule has 88 valence electrons. The van der Waals surface area contributed by atoms with Gasteiger partial charge in [0.05, 0.1) is 6.10 Å². The van der Waals surface area contributed by atoms with Gasteiger partial charge in [0, 0.05) is 0 Å². The van der Waals surface area contributed by atoms with Crippen molar-refractivity contribution in [1.29, 1.82) is 0 Å². The van der Waals surface area contributed by atoms with E-state index >= 15 is 0 Å². The summed E-state index contributed by atoms with van der Waals surface area (Å²) in [5.74, 6) is 1.41. The van der Waals surface area contributed by atoms with Crippen LogP contribution in [0.4, 0.5) is 0 Å². The minimum Gasteiger partial charge on any atom is -0.490 e. The van der Waals surface area contributed by atoms with Crippen molar-refractivity contribution in [2.75, 3.05) is 6.54 Å². The van der Waals surface area contributed by atoms with Crippen LogP contribution in [0.2, 0.25) is 0 Å². The molecule has 1 aromatic rings. The molecule has 1 aliphatic carbocycles. The summed E-state index contributed by atoms with van der Waals surface area (Å²) in [5.41, 5.74) is 8.28. The first-order valence-corrected chi connectivity index (χ1v) is 6.18. The molecule has 2 N–H and O–H groups in total. The Kier molecular flexibility index (Phi) is 3.49. The van der Waals surface area contributed by atoms with Gasteiger partial charge in [-0.15, -0.1) is 0 Å². The Bertz CT molecular complexity index is 358. The van der Waals surface area contributed by atoms with Gasteiger partial charge in [0.15, 0.2) is 0 Å². The Morgan fingerprint density at radius 2 is 2.19 bits per heavy atom. The molecule has 0 spiro atoms. The molecule has 1 fully saturated rings. The lowest BCUT2D eigenvalue weighted by atomic mass is 9.95. The zero-order valence-electron chi connectivity index (χ0n) is 10.2. The molecule has 0 aromatic heterocycles. The number of aryl methyl sites for hydroxylation is 1. The van der Waals surface area contributed by atoms with E-state index < -0.39 is 0 Å². The summed E-state index contributed by atoms with van der Waals surface area (Å²) in [6, 6.07) is 6.40. The average molecular weight is 219 g/mol. The number of nitrogens with two attached hydrogens (primary N) is 1. The lowest BCUT2D eigenvalue weighted by molar-refractivity contribution is 0.118. The van der Waals surface area contributed by atoms with Gasteiger partial charge >= 0.3 is 0 Å². The standard InChI is InChI=1S/C14H21NO/c1-10-6-7-14(16-12-4-3-5-12)13(8-10)11(2)9-15/h6-8,11-12H,3-5,9,15H2,1-2H3. The van der Waals surface area contributed by atoms with E-state index in [9.17, 15) is 0 Å². The highest BCUT2D eigenvalue weighted by molar-refractivity contribution is 5.39.